The molecule has 4 nitrogen and oxygen atoms in total. The number of hydrogen-bond donors (Lipinski definition) is 1. The topological polar surface area (TPSA) is 41.6 Å². The second-order valence-corrected chi connectivity index (χ2v) is 5.51. The van der Waals surface area contributed by atoms with Crippen molar-refractivity contribution in [2.24, 2.45) is 0 Å². The van der Waals surface area contributed by atoms with E-state index in [0.717, 1.165) is 38.2 Å². The van der Waals surface area contributed by atoms with Crippen LogP contribution >= 0.6 is 24.0 Å². The van der Waals surface area contributed by atoms with Gasteiger partial charge in [-0.05, 0) is 50.6 Å². The summed E-state index contributed by atoms with van der Waals surface area (Å²) in [6.07, 6.45) is 0.507. The number of nitrogens with zero attached hydrogens (tertiary/aromatic N) is 1. The molecule has 118 valence electrons. The van der Waals surface area contributed by atoms with Crippen LogP contribution in [0.2, 0.25) is 5.02 Å². The lowest BCUT2D eigenvalue weighted by molar-refractivity contribution is -0.137. The number of carbonyl (C=O) groups excluding carboxylic acids is 1. The first kappa shape index (κ1) is 18.1. The maximum atomic E-state index is 12.4. The molecule has 1 aromatic carbocycles. The summed E-state index contributed by atoms with van der Waals surface area (Å²) in [4.78, 5) is 14.2. The van der Waals surface area contributed by atoms with E-state index in [-0.39, 0.29) is 18.3 Å². The van der Waals surface area contributed by atoms with Crippen LogP contribution in [0.4, 0.5) is 0 Å². The summed E-state index contributed by atoms with van der Waals surface area (Å²) in [5.41, 5.74) is 0.947. The molecule has 1 unspecified atom stereocenters. The monoisotopic (exact) mass is 332 g/mol. The average Bonchev–Trinajstić information content (AvgIpc) is 2.71. The second-order valence-electron chi connectivity index (χ2n) is 5.10. The lowest BCUT2D eigenvalue weighted by atomic mass is 10.2. The van der Waals surface area contributed by atoms with Crippen molar-refractivity contribution in [1.82, 2.24) is 10.2 Å². The van der Waals surface area contributed by atoms with Gasteiger partial charge in [0.05, 0.1) is 0 Å². The van der Waals surface area contributed by atoms with Crippen molar-refractivity contribution in [3.05, 3.63) is 28.8 Å². The third-order valence-electron chi connectivity index (χ3n) is 3.44. The Kier molecular flexibility index (Phi) is 7.29. The molecule has 1 saturated heterocycles. The standard InChI is InChI=1S/C15H21ClN2O2.ClH/c1-11-10-13(4-5-14(11)16)20-12(2)15(19)18-8-3-6-17-7-9-18;/h4-5,10,12,17H,3,6-9H2,1-2H3;1H. The number of amides is 1. The maximum absolute atomic E-state index is 12.4. The summed E-state index contributed by atoms with van der Waals surface area (Å²) in [5.74, 6) is 0.724. The second kappa shape index (κ2) is 8.47. The van der Waals surface area contributed by atoms with Gasteiger partial charge >= 0.3 is 0 Å². The molecule has 0 radical (unpaired) electrons. The SMILES string of the molecule is Cc1cc(OC(C)C(=O)N2CCCNCC2)ccc1Cl.Cl. The molecule has 0 saturated carbocycles. The van der Waals surface area contributed by atoms with Gasteiger partial charge in [-0.1, -0.05) is 11.6 Å². The van der Waals surface area contributed by atoms with Gasteiger partial charge in [0.2, 0.25) is 0 Å². The van der Waals surface area contributed by atoms with Crippen LogP contribution in [-0.4, -0.2) is 43.1 Å². The predicted octanol–water partition coefficient (Wildman–Crippen LogP) is 2.66. The summed E-state index contributed by atoms with van der Waals surface area (Å²) in [5, 5.41) is 3.99. The Labute approximate surface area is 137 Å². The normalized spacial score (nSPS) is 16.6. The fourth-order valence-corrected chi connectivity index (χ4v) is 2.39. The van der Waals surface area contributed by atoms with E-state index < -0.39 is 6.10 Å². The Bertz CT molecular complexity index is 475. The zero-order valence-corrected chi connectivity index (χ0v) is 14.0. The maximum Gasteiger partial charge on any atom is 0.263 e. The molecule has 1 heterocycles. The summed E-state index contributed by atoms with van der Waals surface area (Å²) in [7, 11) is 0. The van der Waals surface area contributed by atoms with E-state index in [0.29, 0.717) is 10.8 Å². The molecule has 0 spiro atoms. The van der Waals surface area contributed by atoms with Gasteiger partial charge in [-0.15, -0.1) is 12.4 Å². The number of aryl methyl sites for hydroxylation is 1. The van der Waals surface area contributed by atoms with E-state index in [1.165, 1.54) is 0 Å². The number of benzene rings is 1. The molecule has 1 atom stereocenters. The van der Waals surface area contributed by atoms with Crippen LogP contribution in [0.15, 0.2) is 18.2 Å². The fourth-order valence-electron chi connectivity index (χ4n) is 2.27. The minimum atomic E-state index is -0.478. The molecular weight excluding hydrogens is 311 g/mol. The smallest absolute Gasteiger partial charge is 0.263 e. The van der Waals surface area contributed by atoms with Gasteiger partial charge < -0.3 is 15.0 Å². The number of rotatable bonds is 3. The van der Waals surface area contributed by atoms with Crippen molar-refractivity contribution in [3.8, 4) is 5.75 Å². The number of halogens is 2. The van der Waals surface area contributed by atoms with Gasteiger partial charge in [0.15, 0.2) is 6.10 Å². The summed E-state index contributed by atoms with van der Waals surface area (Å²) in [6.45, 7) is 7.06. The molecule has 6 heteroatoms. The molecule has 0 aromatic heterocycles. The molecule has 1 aromatic rings. The van der Waals surface area contributed by atoms with Crippen LogP contribution in [0.5, 0.6) is 5.75 Å². The Hall–Kier alpha value is -0.970. The Morgan fingerprint density at radius 1 is 1.38 bits per heavy atom. The number of carbonyl (C=O) groups is 1. The Balaban J connectivity index is 0.00000220. The van der Waals surface area contributed by atoms with E-state index >= 15 is 0 Å². The van der Waals surface area contributed by atoms with Crippen LogP contribution in [0.1, 0.15) is 18.9 Å². The minimum absolute atomic E-state index is 0. The fraction of sp³-hybridized carbons (Fsp3) is 0.533. The number of ether oxygens (including phenoxy) is 1. The van der Waals surface area contributed by atoms with E-state index in [2.05, 4.69) is 5.32 Å². The van der Waals surface area contributed by atoms with Crippen molar-refractivity contribution in [2.45, 2.75) is 26.4 Å². The van der Waals surface area contributed by atoms with Gasteiger partial charge in [-0.25, -0.2) is 0 Å². The molecule has 1 aliphatic rings. The van der Waals surface area contributed by atoms with Crippen LogP contribution in [0.3, 0.4) is 0 Å². The Morgan fingerprint density at radius 3 is 2.86 bits per heavy atom. The first-order chi connectivity index (χ1) is 9.58. The first-order valence-electron chi connectivity index (χ1n) is 7.00. The molecule has 0 aliphatic carbocycles. The third-order valence-corrected chi connectivity index (χ3v) is 3.87. The molecule has 0 bridgehead atoms. The quantitative estimate of drug-likeness (QED) is 0.925. The highest BCUT2D eigenvalue weighted by Gasteiger charge is 2.22. The zero-order valence-electron chi connectivity index (χ0n) is 12.4. The summed E-state index contributed by atoms with van der Waals surface area (Å²) >= 11 is 5.98. The van der Waals surface area contributed by atoms with Crippen LogP contribution in [-0.2, 0) is 4.79 Å². The number of nitrogens with one attached hydrogen (secondary N) is 1. The zero-order chi connectivity index (χ0) is 14.5. The largest absolute Gasteiger partial charge is 0.481 e. The number of hydrogen-bond acceptors (Lipinski definition) is 3. The van der Waals surface area contributed by atoms with E-state index in [9.17, 15) is 4.79 Å². The highest BCUT2D eigenvalue weighted by molar-refractivity contribution is 6.31. The molecule has 2 rings (SSSR count). The molecule has 21 heavy (non-hydrogen) atoms. The molecule has 1 amide bonds. The first-order valence-corrected chi connectivity index (χ1v) is 7.38. The van der Waals surface area contributed by atoms with Crippen LogP contribution in [0.25, 0.3) is 0 Å². The van der Waals surface area contributed by atoms with Gasteiger partial charge in [0.1, 0.15) is 5.75 Å². The van der Waals surface area contributed by atoms with Gasteiger partial charge in [-0.2, -0.15) is 0 Å². The predicted molar refractivity (Wildman–Crippen MR) is 87.6 cm³/mol. The molecule has 1 fully saturated rings. The van der Waals surface area contributed by atoms with Gasteiger partial charge in [-0.3, -0.25) is 4.79 Å². The molecule has 1 aliphatic heterocycles. The highest BCUT2D eigenvalue weighted by Crippen LogP contribution is 2.22. The van der Waals surface area contributed by atoms with Crippen molar-refractivity contribution in [3.63, 3.8) is 0 Å². The van der Waals surface area contributed by atoms with E-state index in [1.807, 2.05) is 17.9 Å². The van der Waals surface area contributed by atoms with Crippen LogP contribution in [0, 0.1) is 6.92 Å². The minimum Gasteiger partial charge on any atom is -0.481 e. The van der Waals surface area contributed by atoms with Crippen LogP contribution < -0.4 is 10.1 Å². The molecular formula is C15H22Cl2N2O2. The third kappa shape index (κ3) is 5.06. The van der Waals surface area contributed by atoms with Crippen molar-refractivity contribution in [1.29, 1.82) is 0 Å². The highest BCUT2D eigenvalue weighted by atomic mass is 35.5. The van der Waals surface area contributed by atoms with Crippen molar-refractivity contribution < 1.29 is 9.53 Å². The summed E-state index contributed by atoms with van der Waals surface area (Å²) in [6, 6.07) is 5.44. The lowest BCUT2D eigenvalue weighted by Gasteiger charge is -2.24. The Morgan fingerprint density at radius 2 is 2.14 bits per heavy atom. The van der Waals surface area contributed by atoms with Crippen molar-refractivity contribution in [2.75, 3.05) is 26.2 Å². The van der Waals surface area contributed by atoms with E-state index in [1.54, 1.807) is 19.1 Å². The van der Waals surface area contributed by atoms with Gasteiger partial charge in [0, 0.05) is 24.7 Å². The average molecular weight is 333 g/mol. The lowest BCUT2D eigenvalue weighted by Crippen LogP contribution is -2.42. The van der Waals surface area contributed by atoms with Crippen molar-refractivity contribution >= 4 is 29.9 Å². The van der Waals surface area contributed by atoms with Gasteiger partial charge in [0.25, 0.3) is 5.91 Å². The van der Waals surface area contributed by atoms with E-state index in [4.69, 9.17) is 16.3 Å². The molecule has 1 N–H and O–H groups in total. The summed E-state index contributed by atoms with van der Waals surface area (Å²) < 4.78 is 5.74.